The molecule has 3 amide bonds. The van der Waals surface area contributed by atoms with Gasteiger partial charge in [-0.2, -0.15) is 0 Å². The summed E-state index contributed by atoms with van der Waals surface area (Å²) in [4.78, 5) is 35.6. The van der Waals surface area contributed by atoms with Crippen molar-refractivity contribution in [3.05, 3.63) is 35.4 Å². The van der Waals surface area contributed by atoms with Crippen LogP contribution in [0.15, 0.2) is 24.3 Å². The molecule has 1 aliphatic rings. The molecule has 7 nitrogen and oxygen atoms in total. The monoisotopic (exact) mass is 360 g/mol. The van der Waals surface area contributed by atoms with Crippen molar-refractivity contribution in [2.24, 2.45) is 0 Å². The zero-order chi connectivity index (χ0) is 19.2. The molecule has 0 radical (unpaired) electrons. The number of ether oxygens (including phenoxy) is 1. The van der Waals surface area contributed by atoms with Gasteiger partial charge in [-0.15, -0.1) is 5.43 Å². The molecule has 140 valence electrons. The summed E-state index contributed by atoms with van der Waals surface area (Å²) in [5.74, 6) is 0. The maximum Gasteiger partial charge on any atom is 0.410 e. The van der Waals surface area contributed by atoms with Crippen LogP contribution in [0, 0.1) is 0 Å². The van der Waals surface area contributed by atoms with Crippen molar-refractivity contribution >= 4 is 25.1 Å². The lowest BCUT2D eigenvalue weighted by Gasteiger charge is -2.37. The van der Waals surface area contributed by atoms with Crippen molar-refractivity contribution in [3.63, 3.8) is 0 Å². The molecule has 1 aliphatic heterocycles. The summed E-state index contributed by atoms with van der Waals surface area (Å²) in [5, 5.41) is 0. The Morgan fingerprint density at radius 1 is 1.23 bits per heavy atom. The molecule has 1 N–H and O–H groups in total. The molecule has 1 fully saturated rings. The third-order valence-electron chi connectivity index (χ3n) is 4.06. The number of nitrogens with zero attached hydrogens (tertiary/aromatic N) is 2. The van der Waals surface area contributed by atoms with Crippen LogP contribution in [0.1, 0.15) is 57.2 Å². The highest BCUT2D eigenvalue weighted by Gasteiger charge is 2.31. The topological polar surface area (TPSA) is 78.7 Å². The van der Waals surface area contributed by atoms with Gasteiger partial charge in [-0.3, -0.25) is 4.79 Å². The Kier molecular flexibility index (Phi) is 6.49. The molecular formula is C19H26N3O4+. The predicted molar refractivity (Wildman–Crippen MR) is 96.7 cm³/mol. The van der Waals surface area contributed by atoms with Crippen LogP contribution in [0.5, 0.6) is 0 Å². The van der Waals surface area contributed by atoms with Crippen LogP contribution >= 0.6 is 0 Å². The van der Waals surface area contributed by atoms with Gasteiger partial charge in [0.25, 0.3) is 6.41 Å². The van der Waals surface area contributed by atoms with Gasteiger partial charge in [0.05, 0.1) is 6.04 Å². The summed E-state index contributed by atoms with van der Waals surface area (Å²) in [6.07, 6.45) is 5.06. The number of piperidine rings is 1. The van der Waals surface area contributed by atoms with E-state index in [9.17, 15) is 14.4 Å². The molecule has 1 saturated heterocycles. The fraction of sp³-hybridized carbons (Fsp3) is 0.474. The number of nitrogens with one attached hydrogen (secondary N) is 1. The summed E-state index contributed by atoms with van der Waals surface area (Å²) in [6, 6.07) is 7.54. The van der Waals surface area contributed by atoms with E-state index in [2.05, 4.69) is 5.43 Å². The van der Waals surface area contributed by atoms with Gasteiger partial charge in [0.15, 0.2) is 0 Å². The van der Waals surface area contributed by atoms with Gasteiger partial charge in [0, 0.05) is 12.1 Å². The second-order valence-electron chi connectivity index (χ2n) is 7.24. The molecule has 1 aromatic rings. The minimum atomic E-state index is -0.526. The van der Waals surface area contributed by atoms with E-state index in [-0.39, 0.29) is 12.1 Å². The van der Waals surface area contributed by atoms with Gasteiger partial charge < -0.3 is 9.64 Å². The Bertz CT molecular complexity index is 677. The van der Waals surface area contributed by atoms with E-state index in [1.165, 1.54) is 6.21 Å². The molecule has 2 rings (SSSR count). The van der Waals surface area contributed by atoms with Crippen LogP contribution in [0.3, 0.4) is 0 Å². The molecule has 0 spiro atoms. The van der Waals surface area contributed by atoms with E-state index >= 15 is 0 Å². The Hall–Kier alpha value is -2.70. The van der Waals surface area contributed by atoms with E-state index in [1.807, 2.05) is 45.0 Å². The lowest BCUT2D eigenvalue weighted by molar-refractivity contribution is -0.474. The number of benzene rings is 1. The van der Waals surface area contributed by atoms with E-state index in [0.717, 1.165) is 35.1 Å². The number of likely N-dealkylation sites (tertiary alicyclic amines) is 1. The third kappa shape index (κ3) is 5.40. The van der Waals surface area contributed by atoms with Gasteiger partial charge in [0.2, 0.25) is 6.21 Å². The van der Waals surface area contributed by atoms with E-state index in [0.29, 0.717) is 19.4 Å². The number of carbonyl (C=O) groups excluding carboxylic acids is 3. The SMILES string of the molecule is CC(C)(C)OC(=O)N1CCCCC1c1ccc(C=[N+](C=O)NC=O)cc1. The highest BCUT2D eigenvalue weighted by Crippen LogP contribution is 2.32. The fourth-order valence-electron chi connectivity index (χ4n) is 2.94. The summed E-state index contributed by atoms with van der Waals surface area (Å²) in [5.41, 5.74) is 3.52. The van der Waals surface area contributed by atoms with Crippen LogP contribution in [-0.4, -0.2) is 46.9 Å². The number of hydrazone groups is 1. The molecule has 1 unspecified atom stereocenters. The second-order valence-corrected chi connectivity index (χ2v) is 7.24. The largest absolute Gasteiger partial charge is 0.444 e. The first-order valence-electron chi connectivity index (χ1n) is 8.72. The number of amides is 3. The Balaban J connectivity index is 2.18. The first-order chi connectivity index (χ1) is 12.3. The number of hydrogen-bond donors (Lipinski definition) is 1. The second kappa shape index (κ2) is 8.60. The minimum absolute atomic E-state index is 0.0251. The molecule has 1 aromatic carbocycles. The zero-order valence-corrected chi connectivity index (χ0v) is 15.5. The number of rotatable bonds is 5. The van der Waals surface area contributed by atoms with Gasteiger partial charge in [-0.25, -0.2) is 9.59 Å². The minimum Gasteiger partial charge on any atom is -0.444 e. The van der Waals surface area contributed by atoms with Gasteiger partial charge in [-0.05, 0) is 62.4 Å². The molecule has 1 heterocycles. The van der Waals surface area contributed by atoms with E-state index in [4.69, 9.17) is 4.74 Å². The van der Waals surface area contributed by atoms with E-state index < -0.39 is 5.60 Å². The average Bonchev–Trinajstić information content (AvgIpc) is 2.60. The molecule has 26 heavy (non-hydrogen) atoms. The summed E-state index contributed by atoms with van der Waals surface area (Å²) in [7, 11) is 0. The highest BCUT2D eigenvalue weighted by molar-refractivity contribution is 5.78. The summed E-state index contributed by atoms with van der Waals surface area (Å²) < 4.78 is 6.58. The molecule has 1 atom stereocenters. The maximum absolute atomic E-state index is 12.5. The van der Waals surface area contributed by atoms with Crippen molar-refractivity contribution in [2.75, 3.05) is 6.54 Å². The normalized spacial score (nSPS) is 18.2. The first kappa shape index (κ1) is 19.6. The van der Waals surface area contributed by atoms with E-state index in [1.54, 1.807) is 4.90 Å². The lowest BCUT2D eigenvalue weighted by atomic mass is 9.95. The summed E-state index contributed by atoms with van der Waals surface area (Å²) in [6.45, 7) is 6.26. The zero-order valence-electron chi connectivity index (χ0n) is 15.5. The van der Waals surface area contributed by atoms with Gasteiger partial charge in [-0.1, -0.05) is 12.1 Å². The lowest BCUT2D eigenvalue weighted by Crippen LogP contribution is -2.41. The average molecular weight is 360 g/mol. The quantitative estimate of drug-likeness (QED) is 0.378. The van der Waals surface area contributed by atoms with Crippen LogP contribution < -0.4 is 5.43 Å². The predicted octanol–water partition coefficient (Wildman–Crippen LogP) is 2.40. The Labute approximate surface area is 153 Å². The molecule has 0 aromatic heterocycles. The van der Waals surface area contributed by atoms with Crippen molar-refractivity contribution < 1.29 is 23.8 Å². The molecule has 0 saturated carbocycles. The van der Waals surface area contributed by atoms with Crippen molar-refractivity contribution in [3.8, 4) is 0 Å². The maximum atomic E-state index is 12.5. The fourth-order valence-corrected chi connectivity index (χ4v) is 2.94. The van der Waals surface area contributed by atoms with Crippen LogP contribution in [-0.2, 0) is 14.3 Å². The first-order valence-corrected chi connectivity index (χ1v) is 8.72. The molecule has 7 heteroatoms. The third-order valence-corrected chi connectivity index (χ3v) is 4.06. The van der Waals surface area contributed by atoms with Crippen LogP contribution in [0.25, 0.3) is 0 Å². The number of carbonyl (C=O) groups is 3. The number of hydrazine groups is 1. The van der Waals surface area contributed by atoms with Gasteiger partial charge >= 0.3 is 12.5 Å². The van der Waals surface area contributed by atoms with Gasteiger partial charge in [0.1, 0.15) is 5.60 Å². The van der Waals surface area contributed by atoms with Crippen LogP contribution in [0.4, 0.5) is 4.79 Å². The summed E-state index contributed by atoms with van der Waals surface area (Å²) >= 11 is 0. The van der Waals surface area contributed by atoms with Crippen molar-refractivity contribution in [1.82, 2.24) is 10.3 Å². The smallest absolute Gasteiger partial charge is 0.410 e. The Morgan fingerprint density at radius 3 is 2.50 bits per heavy atom. The molecule has 0 bridgehead atoms. The van der Waals surface area contributed by atoms with Crippen LogP contribution in [0.2, 0.25) is 0 Å². The van der Waals surface area contributed by atoms with Crippen molar-refractivity contribution in [1.29, 1.82) is 0 Å². The Morgan fingerprint density at radius 2 is 1.92 bits per heavy atom. The van der Waals surface area contributed by atoms with Crippen molar-refractivity contribution in [2.45, 2.75) is 51.7 Å². The number of hydrogen-bond acceptors (Lipinski definition) is 4. The molecular weight excluding hydrogens is 334 g/mol. The molecule has 0 aliphatic carbocycles. The standard InChI is InChI=1S/C19H25N3O4/c1-19(2,3)26-18(25)22-11-5-4-6-17(22)16-9-7-15(8-10-16)12-21(14-24)20-13-23/h7-10,12-14,17H,4-6,11H2,1-3H3/p+1. The highest BCUT2D eigenvalue weighted by atomic mass is 16.6.